The van der Waals surface area contributed by atoms with E-state index in [1.807, 2.05) is 51.1 Å². The first-order valence-electron chi connectivity index (χ1n) is 13.7. The molecule has 0 spiro atoms. The molecule has 2 atom stereocenters. The molecule has 2 aliphatic rings. The van der Waals surface area contributed by atoms with Crippen LogP contribution < -0.4 is 20.1 Å². The number of nitrogens with zero attached hydrogens (tertiary/aromatic N) is 4. The van der Waals surface area contributed by atoms with E-state index in [2.05, 4.69) is 30.5 Å². The molecule has 0 unspecified atom stereocenters. The minimum Gasteiger partial charge on any atom is -0.497 e. The van der Waals surface area contributed by atoms with Crippen molar-refractivity contribution in [1.29, 1.82) is 0 Å². The highest BCUT2D eigenvalue weighted by molar-refractivity contribution is 8.00. The number of carbonyl (C=O) groups excluding carboxylic acids is 2. The average Bonchev–Trinajstić information content (AvgIpc) is 2.94. The van der Waals surface area contributed by atoms with E-state index in [0.29, 0.717) is 42.9 Å². The predicted octanol–water partition coefficient (Wildman–Crippen LogP) is 3.42. The van der Waals surface area contributed by atoms with Crippen LogP contribution in [-0.4, -0.2) is 82.0 Å². The summed E-state index contributed by atoms with van der Waals surface area (Å²) >= 11 is 1.50. The molecule has 1 aromatic carbocycles. The molecule has 11 nitrogen and oxygen atoms in total. The van der Waals surface area contributed by atoms with Crippen molar-refractivity contribution in [1.82, 2.24) is 25.2 Å². The molecule has 2 N–H and O–H groups in total. The van der Waals surface area contributed by atoms with Crippen molar-refractivity contribution in [2.75, 3.05) is 37.9 Å². The van der Waals surface area contributed by atoms with Crippen LogP contribution in [0.15, 0.2) is 41.6 Å². The maximum atomic E-state index is 12.8. The summed E-state index contributed by atoms with van der Waals surface area (Å²) in [4.78, 5) is 41.0. The van der Waals surface area contributed by atoms with Gasteiger partial charge in [0.05, 0.1) is 40.9 Å². The zero-order valence-corrected chi connectivity index (χ0v) is 24.6. The van der Waals surface area contributed by atoms with Crippen molar-refractivity contribution in [2.24, 2.45) is 0 Å². The lowest BCUT2D eigenvalue weighted by Gasteiger charge is -2.39. The van der Waals surface area contributed by atoms with E-state index >= 15 is 0 Å². The Balaban J connectivity index is 1.25. The fourth-order valence-corrected chi connectivity index (χ4v) is 5.73. The number of benzene rings is 1. The summed E-state index contributed by atoms with van der Waals surface area (Å²) in [6.45, 7) is 7.32. The second-order valence-corrected chi connectivity index (χ2v) is 12.2. The quantitative estimate of drug-likeness (QED) is 0.361. The van der Waals surface area contributed by atoms with Gasteiger partial charge in [-0.3, -0.25) is 14.5 Å². The molecule has 1 saturated heterocycles. The van der Waals surface area contributed by atoms with Gasteiger partial charge in [-0.15, -0.1) is 11.8 Å². The number of nitrogens with one attached hydrogen (secondary N) is 2. The Kier molecular flexibility index (Phi) is 8.91. The van der Waals surface area contributed by atoms with Crippen molar-refractivity contribution in [3.8, 4) is 11.6 Å². The third kappa shape index (κ3) is 7.63. The summed E-state index contributed by atoms with van der Waals surface area (Å²) in [5, 5.41) is 7.21. The molecular weight excluding hydrogens is 544 g/mol. The van der Waals surface area contributed by atoms with Crippen LogP contribution >= 0.6 is 11.8 Å². The molecule has 0 radical (unpaired) electrons. The highest BCUT2D eigenvalue weighted by atomic mass is 32.2. The van der Waals surface area contributed by atoms with Crippen LogP contribution in [0.2, 0.25) is 0 Å². The van der Waals surface area contributed by atoms with Crippen molar-refractivity contribution in [3.05, 3.63) is 42.4 Å². The topological polar surface area (TPSA) is 128 Å². The first-order chi connectivity index (χ1) is 19.7. The molecule has 5 rings (SSSR count). The number of aromatic nitrogens is 3. The summed E-state index contributed by atoms with van der Waals surface area (Å²) < 4.78 is 17.2. The van der Waals surface area contributed by atoms with Gasteiger partial charge >= 0.3 is 5.97 Å². The van der Waals surface area contributed by atoms with Crippen LogP contribution in [0.4, 0.5) is 5.82 Å². The van der Waals surface area contributed by atoms with E-state index in [-0.39, 0.29) is 30.5 Å². The average molecular weight is 581 g/mol. The molecule has 3 aromatic rings. The van der Waals surface area contributed by atoms with Gasteiger partial charge < -0.3 is 24.8 Å². The molecule has 4 heterocycles. The summed E-state index contributed by atoms with van der Waals surface area (Å²) in [6, 6.07) is 9.70. The van der Waals surface area contributed by atoms with Crippen LogP contribution in [0, 0.1) is 0 Å². The second-order valence-electron chi connectivity index (χ2n) is 11.2. The molecule has 218 valence electrons. The van der Waals surface area contributed by atoms with Gasteiger partial charge in [-0.2, -0.15) is 0 Å². The molecular formula is C29H36N6O5S. The lowest BCUT2D eigenvalue weighted by molar-refractivity contribution is -0.157. The Morgan fingerprint density at radius 3 is 2.85 bits per heavy atom. The number of hydrogen-bond donors (Lipinski definition) is 2. The van der Waals surface area contributed by atoms with Gasteiger partial charge in [-0.05, 0) is 63.9 Å². The lowest BCUT2D eigenvalue weighted by atomic mass is 9.98. The van der Waals surface area contributed by atoms with Gasteiger partial charge in [-0.1, -0.05) is 0 Å². The van der Waals surface area contributed by atoms with E-state index in [4.69, 9.17) is 14.2 Å². The number of fused-ring (bicyclic) bond motifs is 2. The number of ether oxygens (including phenoxy) is 3. The monoisotopic (exact) mass is 580 g/mol. The number of likely N-dealkylation sites (tertiary alicyclic amines) is 1. The zero-order valence-electron chi connectivity index (χ0n) is 23.8. The summed E-state index contributed by atoms with van der Waals surface area (Å²) in [5.74, 6) is 1.90. The first-order valence-corrected chi connectivity index (χ1v) is 14.7. The SMILES string of the molecule is COc1ccc2ncnc(OC[C@H]3CC[C@H](NCc4ccc5c(n4)NC(=O)CS5)CN3CC(=O)OC(C)(C)C)c2c1. The molecule has 1 amide bonds. The maximum Gasteiger partial charge on any atom is 0.320 e. The fourth-order valence-electron chi connectivity index (χ4n) is 4.97. The Morgan fingerprint density at radius 1 is 1.20 bits per heavy atom. The van der Waals surface area contributed by atoms with Gasteiger partial charge in [-0.25, -0.2) is 15.0 Å². The largest absolute Gasteiger partial charge is 0.497 e. The zero-order chi connectivity index (χ0) is 29.0. The summed E-state index contributed by atoms with van der Waals surface area (Å²) in [6.07, 6.45) is 3.20. The van der Waals surface area contributed by atoms with Crippen LogP contribution in [0.1, 0.15) is 39.3 Å². The Labute approximate surface area is 243 Å². The van der Waals surface area contributed by atoms with Gasteiger partial charge in [0, 0.05) is 25.2 Å². The maximum absolute atomic E-state index is 12.8. The second kappa shape index (κ2) is 12.6. The van der Waals surface area contributed by atoms with E-state index in [9.17, 15) is 9.59 Å². The molecule has 0 bridgehead atoms. The number of methoxy groups -OCH3 is 1. The number of anilines is 1. The lowest BCUT2D eigenvalue weighted by Crippen LogP contribution is -2.54. The van der Waals surface area contributed by atoms with E-state index in [1.165, 1.54) is 18.1 Å². The van der Waals surface area contributed by atoms with Gasteiger partial charge in [0.25, 0.3) is 0 Å². The Hall–Kier alpha value is -3.48. The number of pyridine rings is 1. The van der Waals surface area contributed by atoms with Crippen LogP contribution in [0.3, 0.4) is 0 Å². The smallest absolute Gasteiger partial charge is 0.320 e. The normalized spacial score (nSPS) is 19.4. The minimum atomic E-state index is -0.568. The van der Waals surface area contributed by atoms with Gasteiger partial charge in [0.15, 0.2) is 0 Å². The third-order valence-corrected chi connectivity index (χ3v) is 7.94. The highest BCUT2D eigenvalue weighted by Gasteiger charge is 2.32. The number of esters is 1. The molecule has 41 heavy (non-hydrogen) atoms. The van der Waals surface area contributed by atoms with E-state index in [0.717, 1.165) is 34.3 Å². The number of amides is 1. The Morgan fingerprint density at radius 2 is 2.05 bits per heavy atom. The van der Waals surface area contributed by atoms with Crippen molar-refractivity contribution in [3.63, 3.8) is 0 Å². The standard InChI is InChI=1S/C29H36N6O5S/c1-29(2,3)40-26(37)14-35-13-19(30-12-18-6-10-24-27(33-18)34-25(36)16-41-24)5-7-20(35)15-39-28-22-11-21(38-4)8-9-23(22)31-17-32-28/h6,8-11,17,19-20,30H,5,7,12-16H2,1-4H3,(H,33,34,36)/t19-,20+/m0/s1. The molecule has 0 aliphatic carbocycles. The highest BCUT2D eigenvalue weighted by Crippen LogP contribution is 2.30. The van der Waals surface area contributed by atoms with E-state index in [1.54, 1.807) is 7.11 Å². The van der Waals surface area contributed by atoms with Crippen LogP contribution in [0.25, 0.3) is 10.9 Å². The number of piperidine rings is 1. The molecule has 1 fully saturated rings. The third-order valence-electron chi connectivity index (χ3n) is 6.89. The van der Waals surface area contributed by atoms with Crippen molar-refractivity contribution >= 4 is 40.4 Å². The van der Waals surface area contributed by atoms with Gasteiger partial charge in [0.2, 0.25) is 11.8 Å². The van der Waals surface area contributed by atoms with Crippen molar-refractivity contribution in [2.45, 2.75) is 62.7 Å². The molecule has 2 aliphatic heterocycles. The first kappa shape index (κ1) is 29.0. The Bertz CT molecular complexity index is 1410. The van der Waals surface area contributed by atoms with Crippen molar-refractivity contribution < 1.29 is 23.8 Å². The number of thioether (sulfide) groups is 1. The fraction of sp³-hybridized carbons (Fsp3) is 0.483. The molecule has 12 heteroatoms. The number of carbonyl (C=O) groups is 2. The van der Waals surface area contributed by atoms with Crippen LogP contribution in [0.5, 0.6) is 11.6 Å². The minimum absolute atomic E-state index is 0.00898. The predicted molar refractivity (Wildman–Crippen MR) is 156 cm³/mol. The number of rotatable bonds is 9. The van der Waals surface area contributed by atoms with Gasteiger partial charge in [0.1, 0.15) is 30.1 Å². The van der Waals surface area contributed by atoms with Crippen LogP contribution in [-0.2, 0) is 20.9 Å². The van der Waals surface area contributed by atoms with E-state index < -0.39 is 5.60 Å². The number of hydrogen-bond acceptors (Lipinski definition) is 11. The summed E-state index contributed by atoms with van der Waals surface area (Å²) in [5.41, 5.74) is 1.05. The molecule has 0 saturated carbocycles. The summed E-state index contributed by atoms with van der Waals surface area (Å²) in [7, 11) is 1.62. The molecule has 2 aromatic heterocycles.